The second-order valence-corrected chi connectivity index (χ2v) is 4.40. The molecule has 0 aliphatic carbocycles. The molecule has 3 N–H and O–H groups in total. The molecular formula is C12H12Cl3N3. The molecule has 0 radical (unpaired) electrons. The summed E-state index contributed by atoms with van der Waals surface area (Å²) < 4.78 is 0. The van der Waals surface area contributed by atoms with Crippen molar-refractivity contribution < 1.29 is 0 Å². The fraction of sp³-hybridized carbons (Fsp3) is 0.0833. The van der Waals surface area contributed by atoms with Gasteiger partial charge in [0.25, 0.3) is 0 Å². The third-order valence-corrected chi connectivity index (χ3v) is 2.92. The summed E-state index contributed by atoms with van der Waals surface area (Å²) >= 11 is 11.9. The average Bonchev–Trinajstić information content (AvgIpc) is 2.30. The molecule has 1 heterocycles. The molecule has 0 fully saturated rings. The minimum absolute atomic E-state index is 0. The van der Waals surface area contributed by atoms with E-state index >= 15 is 0 Å². The molecule has 0 saturated carbocycles. The summed E-state index contributed by atoms with van der Waals surface area (Å²) in [5, 5.41) is 4.46. The van der Waals surface area contributed by atoms with E-state index in [9.17, 15) is 0 Å². The van der Waals surface area contributed by atoms with Gasteiger partial charge in [-0.15, -0.1) is 12.4 Å². The Balaban J connectivity index is 0.00000162. The fourth-order valence-electron chi connectivity index (χ4n) is 1.42. The number of hydrogen-bond donors (Lipinski definition) is 2. The number of rotatable bonds is 3. The standard InChI is InChI=1S/C12H11Cl2N3.ClH/c13-9-2-1-8(10(14)5-9)6-17-12-3-4-16-7-11(12)15;/h1-5,7H,6,15H2,(H,16,17);1H. The number of nitrogens with zero attached hydrogens (tertiary/aromatic N) is 1. The Hall–Kier alpha value is -1.16. The molecule has 1 aromatic heterocycles. The number of pyridine rings is 1. The van der Waals surface area contributed by atoms with Crippen LogP contribution in [0.4, 0.5) is 11.4 Å². The number of nitrogen functional groups attached to an aromatic ring is 1. The van der Waals surface area contributed by atoms with E-state index in [0.717, 1.165) is 11.3 Å². The molecule has 0 spiro atoms. The highest BCUT2D eigenvalue weighted by molar-refractivity contribution is 6.35. The van der Waals surface area contributed by atoms with Crippen LogP contribution in [0.15, 0.2) is 36.7 Å². The van der Waals surface area contributed by atoms with Gasteiger partial charge in [0.15, 0.2) is 0 Å². The maximum absolute atomic E-state index is 6.07. The molecule has 6 heteroatoms. The molecule has 1 aromatic carbocycles. The maximum Gasteiger partial charge on any atom is 0.0736 e. The number of benzene rings is 1. The van der Waals surface area contributed by atoms with Gasteiger partial charge in [0.2, 0.25) is 0 Å². The van der Waals surface area contributed by atoms with Crippen LogP contribution >= 0.6 is 35.6 Å². The zero-order valence-corrected chi connectivity index (χ0v) is 11.7. The third kappa shape index (κ3) is 3.67. The van der Waals surface area contributed by atoms with Gasteiger partial charge in [-0.05, 0) is 23.8 Å². The van der Waals surface area contributed by atoms with E-state index < -0.39 is 0 Å². The van der Waals surface area contributed by atoms with Crippen LogP contribution in [0.5, 0.6) is 0 Å². The van der Waals surface area contributed by atoms with Gasteiger partial charge in [-0.25, -0.2) is 0 Å². The van der Waals surface area contributed by atoms with Crippen LogP contribution in [0.25, 0.3) is 0 Å². The minimum atomic E-state index is 0. The summed E-state index contributed by atoms with van der Waals surface area (Å²) in [6.45, 7) is 0.588. The van der Waals surface area contributed by atoms with Gasteiger partial charge in [-0.3, -0.25) is 4.98 Å². The molecule has 0 unspecified atom stereocenters. The molecular weight excluding hydrogens is 293 g/mol. The van der Waals surface area contributed by atoms with Crippen molar-refractivity contribution in [1.82, 2.24) is 4.98 Å². The molecule has 0 bridgehead atoms. The first kappa shape index (κ1) is 14.9. The first-order valence-corrected chi connectivity index (χ1v) is 5.79. The van der Waals surface area contributed by atoms with Crippen molar-refractivity contribution >= 4 is 47.0 Å². The summed E-state index contributed by atoms with van der Waals surface area (Å²) in [7, 11) is 0. The third-order valence-electron chi connectivity index (χ3n) is 2.34. The molecule has 3 nitrogen and oxygen atoms in total. The Labute approximate surface area is 122 Å². The highest BCUT2D eigenvalue weighted by Crippen LogP contribution is 2.23. The van der Waals surface area contributed by atoms with E-state index in [1.807, 2.05) is 12.1 Å². The second-order valence-electron chi connectivity index (χ2n) is 3.55. The average molecular weight is 305 g/mol. The predicted molar refractivity (Wildman–Crippen MR) is 79.7 cm³/mol. The second kappa shape index (κ2) is 6.69. The van der Waals surface area contributed by atoms with Gasteiger partial charge in [0.05, 0.1) is 17.6 Å². The fourth-order valence-corrected chi connectivity index (χ4v) is 1.90. The predicted octanol–water partition coefficient (Wildman–Crippen LogP) is 4.00. The lowest BCUT2D eigenvalue weighted by atomic mass is 10.2. The lowest BCUT2D eigenvalue weighted by Crippen LogP contribution is -2.03. The highest BCUT2D eigenvalue weighted by Gasteiger charge is 2.02. The van der Waals surface area contributed by atoms with Crippen molar-refractivity contribution in [1.29, 1.82) is 0 Å². The Morgan fingerprint density at radius 2 is 2.00 bits per heavy atom. The van der Waals surface area contributed by atoms with Gasteiger partial charge >= 0.3 is 0 Å². The molecule has 0 amide bonds. The van der Waals surface area contributed by atoms with Crippen LogP contribution in [-0.2, 0) is 6.54 Å². The van der Waals surface area contributed by atoms with Crippen molar-refractivity contribution in [2.45, 2.75) is 6.54 Å². The summed E-state index contributed by atoms with van der Waals surface area (Å²) in [6.07, 6.45) is 3.29. The van der Waals surface area contributed by atoms with Crippen molar-refractivity contribution in [3.8, 4) is 0 Å². The Kier molecular flexibility index (Phi) is 5.54. The van der Waals surface area contributed by atoms with Gasteiger partial charge in [-0.1, -0.05) is 29.3 Å². The van der Waals surface area contributed by atoms with Crippen molar-refractivity contribution in [2.75, 3.05) is 11.1 Å². The lowest BCUT2D eigenvalue weighted by Gasteiger charge is -2.10. The Morgan fingerprint density at radius 3 is 2.67 bits per heavy atom. The molecule has 96 valence electrons. The topological polar surface area (TPSA) is 50.9 Å². The molecule has 2 rings (SSSR count). The molecule has 0 aliphatic rings. The zero-order valence-electron chi connectivity index (χ0n) is 9.36. The van der Waals surface area contributed by atoms with E-state index in [2.05, 4.69) is 10.3 Å². The summed E-state index contributed by atoms with van der Waals surface area (Å²) in [5.41, 5.74) is 8.18. The van der Waals surface area contributed by atoms with Crippen LogP contribution in [-0.4, -0.2) is 4.98 Å². The van der Waals surface area contributed by atoms with E-state index in [-0.39, 0.29) is 12.4 Å². The van der Waals surface area contributed by atoms with Crippen LogP contribution in [0, 0.1) is 0 Å². The Bertz CT molecular complexity index is 532. The number of nitrogens with one attached hydrogen (secondary N) is 1. The zero-order chi connectivity index (χ0) is 12.3. The Morgan fingerprint density at radius 1 is 1.22 bits per heavy atom. The highest BCUT2D eigenvalue weighted by atomic mass is 35.5. The van der Waals surface area contributed by atoms with Crippen LogP contribution in [0.3, 0.4) is 0 Å². The smallest absolute Gasteiger partial charge is 0.0736 e. The molecule has 18 heavy (non-hydrogen) atoms. The molecule has 0 aliphatic heterocycles. The SMILES string of the molecule is Cl.Nc1cnccc1NCc1ccc(Cl)cc1Cl. The lowest BCUT2D eigenvalue weighted by molar-refractivity contribution is 1.14. The molecule has 0 atom stereocenters. The normalized spacial score (nSPS) is 9.67. The first-order chi connectivity index (χ1) is 8.16. The molecule has 0 saturated heterocycles. The number of nitrogens with two attached hydrogens (primary N) is 1. The summed E-state index contributed by atoms with van der Waals surface area (Å²) in [5.74, 6) is 0. The summed E-state index contributed by atoms with van der Waals surface area (Å²) in [6, 6.07) is 7.23. The van der Waals surface area contributed by atoms with Crippen LogP contribution in [0.1, 0.15) is 5.56 Å². The summed E-state index contributed by atoms with van der Waals surface area (Å²) in [4.78, 5) is 3.92. The molecule has 2 aromatic rings. The van der Waals surface area contributed by atoms with Crippen LogP contribution in [0.2, 0.25) is 10.0 Å². The van der Waals surface area contributed by atoms with Crippen LogP contribution < -0.4 is 11.1 Å². The van der Waals surface area contributed by atoms with Crippen molar-refractivity contribution in [3.05, 3.63) is 52.3 Å². The van der Waals surface area contributed by atoms with E-state index in [4.69, 9.17) is 28.9 Å². The minimum Gasteiger partial charge on any atom is -0.396 e. The van der Waals surface area contributed by atoms with E-state index in [1.54, 1.807) is 24.5 Å². The number of hydrogen-bond acceptors (Lipinski definition) is 3. The van der Waals surface area contributed by atoms with E-state index in [0.29, 0.717) is 22.3 Å². The van der Waals surface area contributed by atoms with Gasteiger partial charge in [0, 0.05) is 22.8 Å². The van der Waals surface area contributed by atoms with Crippen molar-refractivity contribution in [2.24, 2.45) is 0 Å². The first-order valence-electron chi connectivity index (χ1n) is 5.04. The van der Waals surface area contributed by atoms with Gasteiger partial charge in [0.1, 0.15) is 0 Å². The number of halogens is 3. The maximum atomic E-state index is 6.07. The quantitative estimate of drug-likeness (QED) is 0.901. The monoisotopic (exact) mass is 303 g/mol. The van der Waals surface area contributed by atoms with Gasteiger partial charge < -0.3 is 11.1 Å². The largest absolute Gasteiger partial charge is 0.396 e. The van der Waals surface area contributed by atoms with Gasteiger partial charge in [-0.2, -0.15) is 0 Å². The number of aromatic nitrogens is 1. The van der Waals surface area contributed by atoms with E-state index in [1.165, 1.54) is 0 Å². The number of anilines is 2. The van der Waals surface area contributed by atoms with Crippen molar-refractivity contribution in [3.63, 3.8) is 0 Å².